The van der Waals surface area contributed by atoms with E-state index in [4.69, 9.17) is 14.6 Å². The molecule has 3 rings (SSSR count). The molecule has 3 atom stereocenters. The molecule has 10 heteroatoms. The van der Waals surface area contributed by atoms with Crippen molar-refractivity contribution in [1.82, 2.24) is 10.2 Å². The summed E-state index contributed by atoms with van der Waals surface area (Å²) in [6, 6.07) is 2.82. The van der Waals surface area contributed by atoms with E-state index in [1.807, 2.05) is 6.92 Å². The zero-order chi connectivity index (χ0) is 26.2. The van der Waals surface area contributed by atoms with Gasteiger partial charge in [0.25, 0.3) is 0 Å². The molecule has 0 aliphatic heterocycles. The first-order valence-electron chi connectivity index (χ1n) is 12.6. The zero-order valence-corrected chi connectivity index (χ0v) is 23.1. The Balaban J connectivity index is 2.00. The Kier molecular flexibility index (Phi) is 10.8. The van der Waals surface area contributed by atoms with Crippen molar-refractivity contribution in [2.24, 2.45) is 0 Å². The Labute approximate surface area is 226 Å². The van der Waals surface area contributed by atoms with Crippen LogP contribution in [0.2, 0.25) is 0 Å². The van der Waals surface area contributed by atoms with E-state index in [1.54, 1.807) is 23.1 Å². The van der Waals surface area contributed by atoms with Gasteiger partial charge in [-0.3, -0.25) is 9.59 Å². The van der Waals surface area contributed by atoms with Gasteiger partial charge in [-0.05, 0) is 65.6 Å². The van der Waals surface area contributed by atoms with E-state index >= 15 is 0 Å². The molecule has 0 spiro atoms. The third kappa shape index (κ3) is 6.70. The molecule has 2 aliphatic rings. The summed E-state index contributed by atoms with van der Waals surface area (Å²) < 4.78 is 12.4. The van der Waals surface area contributed by atoms with Crippen molar-refractivity contribution < 1.29 is 34.4 Å². The summed E-state index contributed by atoms with van der Waals surface area (Å²) in [5.74, 6) is 0.401. The lowest BCUT2D eigenvalue weighted by Crippen LogP contribution is -2.57. The highest BCUT2D eigenvalue weighted by molar-refractivity contribution is 14.1. The van der Waals surface area contributed by atoms with E-state index in [2.05, 4.69) is 27.9 Å². The monoisotopic (exact) mass is 616 g/mol. The van der Waals surface area contributed by atoms with Crippen molar-refractivity contribution in [3.05, 3.63) is 32.9 Å². The Morgan fingerprint density at radius 1 is 1.22 bits per heavy atom. The summed E-state index contributed by atoms with van der Waals surface area (Å²) >= 11 is 2.08. The second-order valence-corrected chi connectivity index (χ2v) is 10.4. The molecule has 2 aliphatic carbocycles. The number of rotatable bonds is 11. The lowest BCUT2D eigenvalue weighted by Gasteiger charge is -2.43. The van der Waals surface area contributed by atoms with Crippen LogP contribution in [-0.4, -0.2) is 76.6 Å². The van der Waals surface area contributed by atoms with E-state index in [0.717, 1.165) is 25.7 Å². The van der Waals surface area contributed by atoms with Gasteiger partial charge in [0.2, 0.25) is 11.8 Å². The van der Waals surface area contributed by atoms with Gasteiger partial charge in [0, 0.05) is 31.0 Å². The molecule has 2 amide bonds. The molecule has 0 heterocycles. The van der Waals surface area contributed by atoms with E-state index < -0.39 is 18.2 Å². The molecule has 0 saturated heterocycles. The number of halogens is 1. The summed E-state index contributed by atoms with van der Waals surface area (Å²) in [4.78, 5) is 28.0. The predicted octanol–water partition coefficient (Wildman–Crippen LogP) is 2.28. The largest absolute Gasteiger partial charge is 0.493 e. The Morgan fingerprint density at radius 2 is 1.94 bits per heavy atom. The van der Waals surface area contributed by atoms with Gasteiger partial charge in [-0.15, -0.1) is 0 Å². The van der Waals surface area contributed by atoms with Crippen LogP contribution in [0.5, 0.6) is 11.5 Å². The molecule has 0 aromatic heterocycles. The number of aliphatic hydroxyl groups excluding tert-OH is 3. The Morgan fingerprint density at radius 3 is 2.56 bits per heavy atom. The average Bonchev–Trinajstić information content (AvgIpc) is 3.40. The third-order valence-electron chi connectivity index (χ3n) is 6.77. The second kappa shape index (κ2) is 13.6. The number of methoxy groups -OCH3 is 1. The van der Waals surface area contributed by atoms with Crippen LogP contribution in [0.15, 0.2) is 23.8 Å². The number of aliphatic hydroxyl groups is 3. The van der Waals surface area contributed by atoms with Gasteiger partial charge in [-0.1, -0.05) is 19.8 Å². The quantitative estimate of drug-likeness (QED) is 0.281. The van der Waals surface area contributed by atoms with Crippen LogP contribution < -0.4 is 14.8 Å². The van der Waals surface area contributed by atoms with Gasteiger partial charge in [-0.2, -0.15) is 0 Å². The summed E-state index contributed by atoms with van der Waals surface area (Å²) in [7, 11) is 1.49. The number of nitrogens with zero attached hydrogens (tertiary/aromatic N) is 1. The Hall–Kier alpha value is -1.89. The molecule has 1 fully saturated rings. The number of carbonyl (C=O) groups excluding carboxylic acids is 2. The average molecular weight is 616 g/mol. The minimum Gasteiger partial charge on any atom is -0.493 e. The molecule has 0 unspecified atom stereocenters. The van der Waals surface area contributed by atoms with Crippen molar-refractivity contribution in [2.75, 3.05) is 20.3 Å². The molecule has 4 N–H and O–H groups in total. The molecule has 1 saturated carbocycles. The summed E-state index contributed by atoms with van der Waals surface area (Å²) in [6.07, 6.45) is 4.65. The number of ether oxygens (including phenoxy) is 2. The minimum atomic E-state index is -1.07. The number of benzene rings is 1. The molecule has 200 valence electrons. The van der Waals surface area contributed by atoms with Crippen molar-refractivity contribution in [1.29, 1.82) is 0 Å². The smallest absolute Gasteiger partial charge is 0.247 e. The van der Waals surface area contributed by atoms with Crippen molar-refractivity contribution in [2.45, 2.75) is 82.8 Å². The van der Waals surface area contributed by atoms with Crippen LogP contribution in [0.1, 0.15) is 57.4 Å². The molecular weight excluding hydrogens is 579 g/mol. The predicted molar refractivity (Wildman–Crippen MR) is 143 cm³/mol. The van der Waals surface area contributed by atoms with Crippen LogP contribution in [0.3, 0.4) is 0 Å². The fourth-order valence-corrected chi connectivity index (χ4v) is 5.84. The maximum absolute atomic E-state index is 13.3. The molecule has 0 bridgehead atoms. The van der Waals surface area contributed by atoms with E-state index in [1.165, 1.54) is 7.11 Å². The zero-order valence-electron chi connectivity index (χ0n) is 20.9. The number of carbonyl (C=O) groups is 2. The minimum absolute atomic E-state index is 0.0164. The van der Waals surface area contributed by atoms with Crippen LogP contribution in [-0.2, 0) is 16.2 Å². The molecule has 1 aromatic carbocycles. The highest BCUT2D eigenvalue weighted by Crippen LogP contribution is 2.38. The fraction of sp³-hybridized carbons (Fsp3) is 0.615. The first-order chi connectivity index (χ1) is 17.3. The lowest BCUT2D eigenvalue weighted by molar-refractivity contribution is -0.142. The van der Waals surface area contributed by atoms with Gasteiger partial charge < -0.3 is 35.0 Å². The highest BCUT2D eigenvalue weighted by atomic mass is 127. The van der Waals surface area contributed by atoms with Crippen LogP contribution in [0, 0.1) is 3.57 Å². The van der Waals surface area contributed by atoms with Gasteiger partial charge in [-0.25, -0.2) is 0 Å². The van der Waals surface area contributed by atoms with Crippen LogP contribution in [0.25, 0.3) is 0 Å². The summed E-state index contributed by atoms with van der Waals surface area (Å²) in [5.41, 5.74) is 1.06. The topological polar surface area (TPSA) is 129 Å². The van der Waals surface area contributed by atoms with E-state index in [-0.39, 0.29) is 44.0 Å². The van der Waals surface area contributed by atoms with Gasteiger partial charge in [0.1, 0.15) is 12.2 Å². The normalized spacial score (nSPS) is 22.2. The number of nitrogens with one attached hydrogen (secondary N) is 1. The van der Waals surface area contributed by atoms with Crippen LogP contribution in [0.4, 0.5) is 0 Å². The molecule has 36 heavy (non-hydrogen) atoms. The first kappa shape index (κ1) is 28.7. The van der Waals surface area contributed by atoms with E-state index in [9.17, 15) is 19.8 Å². The number of amides is 2. The molecule has 1 aromatic rings. The van der Waals surface area contributed by atoms with Gasteiger partial charge in [0.15, 0.2) is 11.5 Å². The molecule has 9 nitrogen and oxygen atoms in total. The van der Waals surface area contributed by atoms with Crippen molar-refractivity contribution in [3.8, 4) is 11.5 Å². The third-order valence-corrected chi connectivity index (χ3v) is 7.57. The van der Waals surface area contributed by atoms with Gasteiger partial charge >= 0.3 is 0 Å². The summed E-state index contributed by atoms with van der Waals surface area (Å²) in [5, 5.41) is 32.9. The number of hydrogen-bond acceptors (Lipinski definition) is 7. The Bertz CT molecular complexity index is 948. The van der Waals surface area contributed by atoms with Crippen molar-refractivity contribution in [3.63, 3.8) is 0 Å². The fourth-order valence-electron chi connectivity index (χ4n) is 5.05. The molecular formula is C26H37IN2O7. The second-order valence-electron chi connectivity index (χ2n) is 9.27. The first-order valence-corrected chi connectivity index (χ1v) is 13.6. The number of hydrogen-bond donors (Lipinski definition) is 4. The van der Waals surface area contributed by atoms with Gasteiger partial charge in [0.05, 0.1) is 29.9 Å². The lowest BCUT2D eigenvalue weighted by atomic mass is 9.87. The van der Waals surface area contributed by atoms with E-state index in [0.29, 0.717) is 39.0 Å². The maximum Gasteiger partial charge on any atom is 0.247 e. The van der Waals surface area contributed by atoms with Crippen molar-refractivity contribution >= 4 is 34.4 Å². The maximum atomic E-state index is 13.3. The molecule has 0 radical (unpaired) electrons. The summed E-state index contributed by atoms with van der Waals surface area (Å²) in [6.45, 7) is 1.70. The standard InChI is InChI=1S/C26H37IN2O7/c1-3-6-23(32)29(18-7-4-5-8-18)20-13-17(26(34)28-9-10-30)14-21(24(20)33)36-25-19(27)11-16(15-31)12-22(25)35-2/h11-12,14,18,20-21,24,30-31,33H,3-10,13,15H2,1-2H3,(H,28,34)/t20-,21+,24+/m1/s1. The van der Waals surface area contributed by atoms with Crippen LogP contribution >= 0.6 is 22.6 Å². The SMILES string of the molecule is CCCC(=O)N(C1CCCC1)[C@@H]1CC(C(=O)NCCO)=C[C@H](Oc2c(I)cc(CO)cc2OC)[C@H]1O. The highest BCUT2D eigenvalue weighted by Gasteiger charge is 2.43.